The number of benzene rings is 1. The Hall–Kier alpha value is -3.23. The van der Waals surface area contributed by atoms with Gasteiger partial charge in [0.2, 0.25) is 0 Å². The minimum Gasteiger partial charge on any atom is -0.269 e. The first-order chi connectivity index (χ1) is 16.6. The average molecular weight is 487 g/mol. The van der Waals surface area contributed by atoms with Crippen molar-refractivity contribution in [3.63, 3.8) is 0 Å². The van der Waals surface area contributed by atoms with Crippen molar-refractivity contribution in [3.05, 3.63) is 97.1 Å². The highest BCUT2D eigenvalue weighted by Crippen LogP contribution is 2.35. The number of pyridine rings is 1. The van der Waals surface area contributed by atoms with Gasteiger partial charge >= 0.3 is 0 Å². The second-order valence-corrected chi connectivity index (χ2v) is 10.6. The summed E-state index contributed by atoms with van der Waals surface area (Å²) in [5, 5.41) is 1.39. The van der Waals surface area contributed by atoms with Crippen LogP contribution >= 0.6 is 23.1 Å². The Morgan fingerprint density at radius 3 is 2.71 bits per heavy atom. The van der Waals surface area contributed by atoms with Crippen molar-refractivity contribution in [1.29, 1.82) is 0 Å². The molecule has 0 radical (unpaired) electrons. The van der Waals surface area contributed by atoms with Gasteiger partial charge in [0.1, 0.15) is 10.5 Å². The van der Waals surface area contributed by atoms with Gasteiger partial charge in [0.15, 0.2) is 5.16 Å². The lowest BCUT2D eigenvalue weighted by Crippen LogP contribution is -2.22. The largest absolute Gasteiger partial charge is 0.269 e. The Morgan fingerprint density at radius 1 is 1.03 bits per heavy atom. The van der Waals surface area contributed by atoms with Gasteiger partial charge in [-0.05, 0) is 62.4 Å². The first-order valence-corrected chi connectivity index (χ1v) is 13.1. The highest BCUT2D eigenvalue weighted by atomic mass is 32.2. The van der Waals surface area contributed by atoms with Crippen LogP contribution in [0.4, 0.5) is 0 Å². The lowest BCUT2D eigenvalue weighted by molar-refractivity contribution is 0.699. The maximum Gasteiger partial charge on any atom is 0.267 e. The summed E-state index contributed by atoms with van der Waals surface area (Å²) >= 11 is 3.09. The Morgan fingerprint density at radius 2 is 1.85 bits per heavy atom. The quantitative estimate of drug-likeness (QED) is 0.266. The van der Waals surface area contributed by atoms with Gasteiger partial charge in [-0.2, -0.15) is 0 Å². The molecule has 34 heavy (non-hydrogen) atoms. The molecule has 0 unspecified atom stereocenters. The first-order valence-electron chi connectivity index (χ1n) is 11.3. The average Bonchev–Trinajstić information content (AvgIpc) is 3.22. The van der Waals surface area contributed by atoms with Gasteiger partial charge < -0.3 is 0 Å². The summed E-state index contributed by atoms with van der Waals surface area (Å²) in [4.78, 5) is 38.1. The zero-order valence-electron chi connectivity index (χ0n) is 18.7. The van der Waals surface area contributed by atoms with Gasteiger partial charge in [-0.3, -0.25) is 18.6 Å². The van der Waals surface area contributed by atoms with Gasteiger partial charge in [0.05, 0.1) is 16.8 Å². The maximum absolute atomic E-state index is 13.9. The summed E-state index contributed by atoms with van der Waals surface area (Å²) in [6.45, 7) is 2.03. The summed E-state index contributed by atoms with van der Waals surface area (Å²) in [7, 11) is 0. The van der Waals surface area contributed by atoms with Crippen LogP contribution in [-0.2, 0) is 18.6 Å². The molecule has 6 rings (SSSR count). The maximum atomic E-state index is 13.9. The smallest absolute Gasteiger partial charge is 0.267 e. The van der Waals surface area contributed by atoms with Crippen LogP contribution in [-0.4, -0.2) is 18.9 Å². The van der Waals surface area contributed by atoms with E-state index in [1.54, 1.807) is 28.2 Å². The van der Waals surface area contributed by atoms with Crippen molar-refractivity contribution < 1.29 is 0 Å². The molecule has 0 aliphatic heterocycles. The molecule has 0 saturated carbocycles. The van der Waals surface area contributed by atoms with Crippen molar-refractivity contribution in [3.8, 4) is 5.69 Å². The summed E-state index contributed by atoms with van der Waals surface area (Å²) in [6, 6.07) is 15.0. The highest BCUT2D eigenvalue weighted by Gasteiger charge is 2.23. The van der Waals surface area contributed by atoms with Crippen LogP contribution < -0.4 is 11.1 Å². The van der Waals surface area contributed by atoms with Crippen molar-refractivity contribution in [2.75, 3.05) is 0 Å². The molecular formula is C26H22N4O2S2. The number of fused-ring (bicyclic) bond motifs is 4. The molecule has 0 bridgehead atoms. The van der Waals surface area contributed by atoms with Crippen LogP contribution in [0.1, 0.15) is 34.5 Å². The number of thioether (sulfide) groups is 1. The van der Waals surface area contributed by atoms with Crippen LogP contribution in [0.5, 0.6) is 0 Å². The molecule has 1 aromatic carbocycles. The summed E-state index contributed by atoms with van der Waals surface area (Å²) in [5.41, 5.74) is 4.26. The SMILES string of the molecule is Cc1ccc(-n2c(SCc3cc(=O)n4ccccc4n3)nc3sc4c(c3c2=O)CCCC4)cc1. The third-order valence-corrected chi connectivity index (χ3v) is 8.38. The fraction of sp³-hybridized carbons (Fsp3) is 0.231. The normalized spacial score (nSPS) is 13.4. The molecular weight excluding hydrogens is 464 g/mol. The highest BCUT2D eigenvalue weighted by molar-refractivity contribution is 7.98. The monoisotopic (exact) mass is 486 g/mol. The molecule has 0 saturated heterocycles. The number of thiophene rings is 1. The van der Waals surface area contributed by atoms with Gasteiger partial charge in [-0.25, -0.2) is 9.97 Å². The van der Waals surface area contributed by atoms with E-state index in [0.717, 1.165) is 47.2 Å². The molecule has 8 heteroatoms. The third-order valence-electron chi connectivity index (χ3n) is 6.22. The van der Waals surface area contributed by atoms with E-state index in [-0.39, 0.29) is 11.1 Å². The Kier molecular flexibility index (Phi) is 5.34. The predicted octanol–water partition coefficient (Wildman–Crippen LogP) is 4.93. The number of aromatic nitrogens is 4. The van der Waals surface area contributed by atoms with Gasteiger partial charge in [-0.1, -0.05) is 35.5 Å². The van der Waals surface area contributed by atoms with E-state index in [2.05, 4.69) is 4.98 Å². The molecule has 170 valence electrons. The molecule has 0 N–H and O–H groups in total. The fourth-order valence-electron chi connectivity index (χ4n) is 4.52. The van der Waals surface area contributed by atoms with Crippen LogP contribution in [0.3, 0.4) is 0 Å². The molecule has 6 nitrogen and oxygen atoms in total. The zero-order valence-corrected chi connectivity index (χ0v) is 20.3. The molecule has 4 aromatic heterocycles. The van der Waals surface area contributed by atoms with E-state index < -0.39 is 0 Å². The number of nitrogens with zero attached hydrogens (tertiary/aromatic N) is 4. The van der Waals surface area contributed by atoms with E-state index in [0.29, 0.717) is 22.3 Å². The molecule has 1 aliphatic carbocycles. The van der Waals surface area contributed by atoms with E-state index in [4.69, 9.17) is 4.98 Å². The topological polar surface area (TPSA) is 69.3 Å². The predicted molar refractivity (Wildman–Crippen MR) is 138 cm³/mol. The standard InChI is InChI=1S/C26H22N4O2S2/c1-16-9-11-18(12-10-16)30-25(32)23-19-6-2-3-7-20(19)34-24(23)28-26(30)33-15-17-14-22(31)29-13-5-4-8-21(29)27-17/h4-5,8-14H,2-3,6-7,15H2,1H3. The van der Waals surface area contributed by atoms with Crippen LogP contribution in [0.25, 0.3) is 21.6 Å². The Labute approximate surface area is 203 Å². The number of rotatable bonds is 4. The van der Waals surface area contributed by atoms with Crippen LogP contribution in [0.15, 0.2) is 69.5 Å². The molecule has 4 heterocycles. The van der Waals surface area contributed by atoms with E-state index in [1.165, 1.54) is 26.6 Å². The van der Waals surface area contributed by atoms with Gasteiger partial charge in [-0.15, -0.1) is 11.3 Å². The number of hydrogen-bond acceptors (Lipinski definition) is 6. The first kappa shape index (κ1) is 21.3. The van der Waals surface area contributed by atoms with Crippen molar-refractivity contribution in [2.45, 2.75) is 43.5 Å². The fourth-order valence-corrected chi connectivity index (χ4v) is 6.73. The van der Waals surface area contributed by atoms with Gasteiger partial charge in [0, 0.05) is 22.9 Å². The Bertz CT molecular complexity index is 1670. The number of hydrogen-bond donors (Lipinski definition) is 0. The molecule has 1 aliphatic rings. The third kappa shape index (κ3) is 3.67. The van der Waals surface area contributed by atoms with Crippen molar-refractivity contribution in [1.82, 2.24) is 18.9 Å². The van der Waals surface area contributed by atoms with Crippen molar-refractivity contribution in [2.24, 2.45) is 0 Å². The van der Waals surface area contributed by atoms with Crippen LogP contribution in [0.2, 0.25) is 0 Å². The minimum absolute atomic E-state index is 0.0118. The van der Waals surface area contributed by atoms with Gasteiger partial charge in [0.25, 0.3) is 11.1 Å². The molecule has 0 spiro atoms. The minimum atomic E-state index is -0.119. The second-order valence-electron chi connectivity index (χ2n) is 8.56. The summed E-state index contributed by atoms with van der Waals surface area (Å²) in [6.07, 6.45) is 5.95. The van der Waals surface area contributed by atoms with E-state index in [1.807, 2.05) is 49.4 Å². The molecule has 0 amide bonds. The van der Waals surface area contributed by atoms with E-state index >= 15 is 0 Å². The summed E-state index contributed by atoms with van der Waals surface area (Å²) in [5.74, 6) is 0.440. The Balaban J connectivity index is 1.48. The molecule has 5 aromatic rings. The van der Waals surface area contributed by atoms with Crippen LogP contribution in [0, 0.1) is 6.92 Å². The zero-order chi connectivity index (χ0) is 23.2. The summed E-state index contributed by atoms with van der Waals surface area (Å²) < 4.78 is 3.25. The second kappa shape index (κ2) is 8.52. The van der Waals surface area contributed by atoms with E-state index in [9.17, 15) is 9.59 Å². The molecule has 0 fully saturated rings. The van der Waals surface area contributed by atoms with Crippen molar-refractivity contribution >= 4 is 39.0 Å². The lowest BCUT2D eigenvalue weighted by atomic mass is 9.97. The lowest BCUT2D eigenvalue weighted by Gasteiger charge is -2.14. The molecule has 0 atom stereocenters. The number of aryl methyl sites for hydroxylation is 3.